The normalized spacial score (nSPS) is 12.0. The van der Waals surface area contributed by atoms with E-state index in [0.717, 1.165) is 37.5 Å². The minimum absolute atomic E-state index is 0.0221. The first-order valence-corrected chi connectivity index (χ1v) is 9.10. The van der Waals surface area contributed by atoms with E-state index in [1.807, 2.05) is 6.92 Å². The third-order valence-corrected chi connectivity index (χ3v) is 4.77. The number of rotatable bonds is 5. The van der Waals surface area contributed by atoms with E-state index in [-0.39, 0.29) is 10.9 Å². The predicted octanol–water partition coefficient (Wildman–Crippen LogP) is 7.81. The number of alkyl halides is 3. The van der Waals surface area contributed by atoms with Crippen molar-refractivity contribution in [3.63, 3.8) is 0 Å². The molecule has 0 aromatic heterocycles. The molecule has 3 aromatic carbocycles. The number of halogens is 7. The van der Waals surface area contributed by atoms with E-state index >= 15 is 0 Å². The number of unbranched alkanes of at least 4 members (excludes halogenated alkanes) is 2. The Bertz CT molecular complexity index is 1030. The fourth-order valence-electron chi connectivity index (χ4n) is 3.37. The molecular weight excluding hydrogens is 397 g/mol. The van der Waals surface area contributed by atoms with Gasteiger partial charge in [0.1, 0.15) is 28.8 Å². The van der Waals surface area contributed by atoms with Gasteiger partial charge in [-0.05, 0) is 53.6 Å². The van der Waals surface area contributed by atoms with Crippen LogP contribution in [0.1, 0.15) is 37.3 Å². The molecule has 3 rings (SSSR count). The van der Waals surface area contributed by atoms with Crippen LogP contribution in [0.5, 0.6) is 0 Å². The molecule has 0 radical (unpaired) electrons. The number of benzene rings is 3. The van der Waals surface area contributed by atoms with E-state index in [9.17, 15) is 30.7 Å². The SMILES string of the molecule is CCCCCc1cc(F)c(-c2ccc3c(F)c(C(F)(F)F)c(F)cc3c2)c(F)c1. The quantitative estimate of drug-likeness (QED) is 0.295. The molecule has 3 aromatic rings. The fourth-order valence-corrected chi connectivity index (χ4v) is 3.37. The molecule has 0 heterocycles. The first kappa shape index (κ1) is 21.1. The highest BCUT2D eigenvalue weighted by molar-refractivity contribution is 5.89. The summed E-state index contributed by atoms with van der Waals surface area (Å²) in [6, 6.07) is 6.06. The van der Waals surface area contributed by atoms with Crippen LogP contribution in [0.15, 0.2) is 36.4 Å². The van der Waals surface area contributed by atoms with Crippen LogP contribution < -0.4 is 0 Å². The van der Waals surface area contributed by atoms with Crippen LogP contribution in [0.2, 0.25) is 0 Å². The molecule has 0 unspecified atom stereocenters. The van der Waals surface area contributed by atoms with Crippen molar-refractivity contribution in [2.24, 2.45) is 0 Å². The number of hydrogen-bond acceptors (Lipinski definition) is 0. The summed E-state index contributed by atoms with van der Waals surface area (Å²) < 4.78 is 95.7. The molecule has 0 N–H and O–H groups in total. The standard InChI is InChI=1S/C22H17F7/c1-2-3-4-5-12-8-16(23)19(17(24)9-12)13-6-7-15-14(10-13)11-18(25)20(21(15)26)22(27,28)29/h6-11H,2-5H2,1H3. The zero-order valence-electron chi connectivity index (χ0n) is 15.4. The Hall–Kier alpha value is -2.57. The molecule has 154 valence electrons. The summed E-state index contributed by atoms with van der Waals surface area (Å²) in [5.74, 6) is -5.23. The van der Waals surface area contributed by atoms with Gasteiger partial charge in [-0.1, -0.05) is 31.9 Å². The summed E-state index contributed by atoms with van der Waals surface area (Å²) >= 11 is 0. The second-order valence-corrected chi connectivity index (χ2v) is 6.87. The van der Waals surface area contributed by atoms with Crippen molar-refractivity contribution in [1.82, 2.24) is 0 Å². The van der Waals surface area contributed by atoms with Gasteiger partial charge in [0.25, 0.3) is 0 Å². The maximum Gasteiger partial charge on any atom is 0.422 e. The Morgan fingerprint density at radius 1 is 0.793 bits per heavy atom. The molecule has 0 atom stereocenters. The maximum atomic E-state index is 14.5. The lowest BCUT2D eigenvalue weighted by molar-refractivity contribution is -0.142. The average molecular weight is 414 g/mol. The number of hydrogen-bond donors (Lipinski definition) is 0. The molecule has 0 bridgehead atoms. The highest BCUT2D eigenvalue weighted by Gasteiger charge is 2.38. The molecule has 0 aliphatic heterocycles. The van der Waals surface area contributed by atoms with Gasteiger partial charge < -0.3 is 0 Å². The van der Waals surface area contributed by atoms with Crippen molar-refractivity contribution in [2.45, 2.75) is 38.8 Å². The van der Waals surface area contributed by atoms with Crippen molar-refractivity contribution >= 4 is 10.8 Å². The van der Waals surface area contributed by atoms with Crippen LogP contribution in [0.4, 0.5) is 30.7 Å². The molecule has 0 saturated heterocycles. The second kappa shape index (κ2) is 8.05. The second-order valence-electron chi connectivity index (χ2n) is 6.87. The fraction of sp³-hybridized carbons (Fsp3) is 0.273. The van der Waals surface area contributed by atoms with Gasteiger partial charge >= 0.3 is 6.18 Å². The molecule has 0 nitrogen and oxygen atoms in total. The summed E-state index contributed by atoms with van der Waals surface area (Å²) in [5.41, 5.74) is -1.92. The zero-order valence-corrected chi connectivity index (χ0v) is 15.4. The molecular formula is C22H17F7. The Labute approximate surface area is 163 Å². The monoisotopic (exact) mass is 414 g/mol. The van der Waals surface area contributed by atoms with E-state index in [1.54, 1.807) is 0 Å². The Balaban J connectivity index is 2.07. The molecule has 0 saturated carbocycles. The van der Waals surface area contributed by atoms with Gasteiger partial charge in [0, 0.05) is 5.39 Å². The third-order valence-electron chi connectivity index (χ3n) is 4.77. The largest absolute Gasteiger partial charge is 0.422 e. The van der Waals surface area contributed by atoms with Crippen LogP contribution in [-0.4, -0.2) is 0 Å². The van der Waals surface area contributed by atoms with Gasteiger partial charge in [-0.15, -0.1) is 0 Å². The Morgan fingerprint density at radius 2 is 1.45 bits per heavy atom. The minimum Gasteiger partial charge on any atom is -0.206 e. The summed E-state index contributed by atoms with van der Waals surface area (Å²) in [5, 5.41) is -0.712. The summed E-state index contributed by atoms with van der Waals surface area (Å²) in [6.45, 7) is 2.01. The van der Waals surface area contributed by atoms with Gasteiger partial charge in [0.2, 0.25) is 0 Å². The van der Waals surface area contributed by atoms with Crippen LogP contribution in [-0.2, 0) is 12.6 Å². The lowest BCUT2D eigenvalue weighted by Gasteiger charge is -2.13. The number of aryl methyl sites for hydroxylation is 1. The average Bonchev–Trinajstić information content (AvgIpc) is 2.60. The lowest BCUT2D eigenvalue weighted by atomic mass is 9.96. The van der Waals surface area contributed by atoms with Crippen molar-refractivity contribution in [3.8, 4) is 11.1 Å². The highest BCUT2D eigenvalue weighted by Crippen LogP contribution is 2.38. The molecule has 0 spiro atoms. The molecule has 29 heavy (non-hydrogen) atoms. The summed E-state index contributed by atoms with van der Waals surface area (Å²) in [6.07, 6.45) is -2.02. The van der Waals surface area contributed by atoms with Gasteiger partial charge in [0.05, 0.1) is 5.56 Å². The van der Waals surface area contributed by atoms with Crippen molar-refractivity contribution in [2.75, 3.05) is 0 Å². The highest BCUT2D eigenvalue weighted by atomic mass is 19.4. The molecule has 0 fully saturated rings. The van der Waals surface area contributed by atoms with Crippen molar-refractivity contribution in [1.29, 1.82) is 0 Å². The Kier molecular flexibility index (Phi) is 5.87. The zero-order chi connectivity index (χ0) is 21.3. The van der Waals surface area contributed by atoms with E-state index in [2.05, 4.69) is 0 Å². The van der Waals surface area contributed by atoms with Crippen LogP contribution in [0, 0.1) is 23.3 Å². The predicted molar refractivity (Wildman–Crippen MR) is 97.4 cm³/mol. The first-order chi connectivity index (χ1) is 13.6. The van der Waals surface area contributed by atoms with E-state index < -0.39 is 46.0 Å². The van der Waals surface area contributed by atoms with Crippen LogP contribution in [0.25, 0.3) is 21.9 Å². The van der Waals surface area contributed by atoms with Gasteiger partial charge in [-0.25, -0.2) is 17.6 Å². The van der Waals surface area contributed by atoms with Gasteiger partial charge in [-0.3, -0.25) is 0 Å². The van der Waals surface area contributed by atoms with Gasteiger partial charge in [0.15, 0.2) is 0 Å². The lowest BCUT2D eigenvalue weighted by Crippen LogP contribution is -2.11. The Morgan fingerprint density at radius 3 is 2.03 bits per heavy atom. The maximum absolute atomic E-state index is 14.5. The first-order valence-electron chi connectivity index (χ1n) is 9.10. The van der Waals surface area contributed by atoms with E-state index in [0.29, 0.717) is 18.1 Å². The van der Waals surface area contributed by atoms with Crippen molar-refractivity contribution < 1.29 is 30.7 Å². The number of fused-ring (bicyclic) bond motifs is 1. The van der Waals surface area contributed by atoms with Crippen LogP contribution >= 0.6 is 0 Å². The molecule has 7 heteroatoms. The summed E-state index contributed by atoms with van der Waals surface area (Å²) in [7, 11) is 0. The minimum atomic E-state index is -5.20. The molecule has 0 aliphatic rings. The van der Waals surface area contributed by atoms with Crippen molar-refractivity contribution in [3.05, 3.63) is 70.8 Å². The molecule has 0 amide bonds. The molecule has 0 aliphatic carbocycles. The van der Waals surface area contributed by atoms with E-state index in [4.69, 9.17) is 0 Å². The van der Waals surface area contributed by atoms with Gasteiger partial charge in [-0.2, -0.15) is 13.2 Å². The summed E-state index contributed by atoms with van der Waals surface area (Å²) in [4.78, 5) is 0. The smallest absolute Gasteiger partial charge is 0.206 e. The third kappa shape index (κ3) is 4.23. The van der Waals surface area contributed by atoms with E-state index in [1.165, 1.54) is 12.1 Å². The topological polar surface area (TPSA) is 0 Å². The van der Waals surface area contributed by atoms with Crippen LogP contribution in [0.3, 0.4) is 0 Å².